The van der Waals surface area contributed by atoms with E-state index in [4.69, 9.17) is 0 Å². The fraction of sp³-hybridized carbons (Fsp3) is 0.370. The summed E-state index contributed by atoms with van der Waals surface area (Å²) in [6, 6.07) is 16.5. The smallest absolute Gasteiger partial charge is 0.279 e. The molecule has 0 spiro atoms. The molecular formula is C27H28N6O2. The van der Waals surface area contributed by atoms with Crippen LogP contribution in [0, 0.1) is 0 Å². The number of rotatable bonds is 3. The highest BCUT2D eigenvalue weighted by molar-refractivity contribution is 6.04. The molecule has 8 nitrogen and oxygen atoms in total. The average molecular weight is 469 g/mol. The molecule has 35 heavy (non-hydrogen) atoms. The number of carbonyl (C=O) groups is 1. The van der Waals surface area contributed by atoms with Gasteiger partial charge in [0.15, 0.2) is 5.69 Å². The van der Waals surface area contributed by atoms with Crippen LogP contribution in [-0.4, -0.2) is 48.4 Å². The number of hydrogen-bond donors (Lipinski definition) is 0. The van der Waals surface area contributed by atoms with Crippen molar-refractivity contribution in [1.82, 2.24) is 29.4 Å². The summed E-state index contributed by atoms with van der Waals surface area (Å²) in [7, 11) is 0. The quantitative estimate of drug-likeness (QED) is 0.457. The number of para-hydroxylation sites is 1. The normalized spacial score (nSPS) is 18.3. The standard InChI is InChI=1S/C27H28N6O2/c34-26-22-14-7-6-13-21(22)24(30-33(26)20-11-3-1-4-12-20)27(35)31-16-9-10-19(18-31)25-29-28-23-15-5-2-8-17-32(23)25/h1,3-4,6-7,11-14,19H,2,5,8-10,15-18H2. The lowest BCUT2D eigenvalue weighted by Crippen LogP contribution is -2.41. The van der Waals surface area contributed by atoms with Crippen molar-refractivity contribution >= 4 is 16.7 Å². The highest BCUT2D eigenvalue weighted by atomic mass is 16.2. The van der Waals surface area contributed by atoms with Crippen LogP contribution in [0.3, 0.4) is 0 Å². The largest absolute Gasteiger partial charge is 0.337 e. The Morgan fingerprint density at radius 2 is 1.66 bits per heavy atom. The Morgan fingerprint density at radius 3 is 2.51 bits per heavy atom. The van der Waals surface area contributed by atoms with Crippen LogP contribution in [0.25, 0.3) is 16.5 Å². The molecule has 4 aromatic rings. The topological polar surface area (TPSA) is 85.9 Å². The summed E-state index contributed by atoms with van der Waals surface area (Å²) >= 11 is 0. The van der Waals surface area contributed by atoms with Crippen LogP contribution in [-0.2, 0) is 13.0 Å². The van der Waals surface area contributed by atoms with Crippen LogP contribution < -0.4 is 5.56 Å². The van der Waals surface area contributed by atoms with Crippen molar-refractivity contribution in [1.29, 1.82) is 0 Å². The van der Waals surface area contributed by atoms with Crippen molar-refractivity contribution in [2.75, 3.05) is 13.1 Å². The lowest BCUT2D eigenvalue weighted by molar-refractivity contribution is 0.0697. The van der Waals surface area contributed by atoms with E-state index < -0.39 is 0 Å². The molecule has 1 saturated heterocycles. The molecule has 0 aliphatic carbocycles. The van der Waals surface area contributed by atoms with Crippen molar-refractivity contribution in [3.8, 4) is 5.69 Å². The molecule has 1 amide bonds. The predicted octanol–water partition coefficient (Wildman–Crippen LogP) is 3.72. The van der Waals surface area contributed by atoms with Gasteiger partial charge in [0, 0.05) is 37.4 Å². The number of benzene rings is 2. The first-order valence-electron chi connectivity index (χ1n) is 12.5. The van der Waals surface area contributed by atoms with E-state index >= 15 is 0 Å². The van der Waals surface area contributed by atoms with E-state index in [1.165, 1.54) is 11.1 Å². The molecule has 1 fully saturated rings. The molecule has 2 aliphatic heterocycles. The molecule has 2 aromatic carbocycles. The van der Waals surface area contributed by atoms with E-state index in [9.17, 15) is 9.59 Å². The van der Waals surface area contributed by atoms with Gasteiger partial charge < -0.3 is 9.47 Å². The molecule has 2 aliphatic rings. The number of aryl methyl sites for hydroxylation is 1. The maximum absolute atomic E-state index is 13.9. The number of likely N-dealkylation sites (tertiary alicyclic amines) is 1. The van der Waals surface area contributed by atoms with E-state index in [0.717, 1.165) is 50.3 Å². The molecule has 2 aromatic heterocycles. The summed E-state index contributed by atoms with van der Waals surface area (Å²) in [4.78, 5) is 29.0. The average Bonchev–Trinajstić information content (AvgIpc) is 3.17. The van der Waals surface area contributed by atoms with Gasteiger partial charge in [-0.3, -0.25) is 9.59 Å². The lowest BCUT2D eigenvalue weighted by Gasteiger charge is -2.32. The number of hydrogen-bond acceptors (Lipinski definition) is 5. The van der Waals surface area contributed by atoms with Crippen LogP contribution >= 0.6 is 0 Å². The minimum absolute atomic E-state index is 0.147. The summed E-state index contributed by atoms with van der Waals surface area (Å²) in [5.41, 5.74) is 0.718. The first-order chi connectivity index (χ1) is 17.2. The Labute approximate surface area is 203 Å². The third kappa shape index (κ3) is 3.92. The zero-order valence-corrected chi connectivity index (χ0v) is 19.6. The number of fused-ring (bicyclic) bond motifs is 2. The Morgan fingerprint density at radius 1 is 0.857 bits per heavy atom. The van der Waals surface area contributed by atoms with Crippen molar-refractivity contribution < 1.29 is 4.79 Å². The third-order valence-corrected chi connectivity index (χ3v) is 7.22. The van der Waals surface area contributed by atoms with E-state index in [2.05, 4.69) is 19.9 Å². The Bertz CT molecular complexity index is 1440. The molecule has 0 saturated carbocycles. The second-order valence-electron chi connectivity index (χ2n) is 9.47. The molecule has 1 atom stereocenters. The van der Waals surface area contributed by atoms with Gasteiger partial charge in [0.25, 0.3) is 11.5 Å². The van der Waals surface area contributed by atoms with Crippen molar-refractivity contribution in [3.05, 3.63) is 82.3 Å². The summed E-state index contributed by atoms with van der Waals surface area (Å²) in [5.74, 6) is 2.08. The van der Waals surface area contributed by atoms with Crippen molar-refractivity contribution in [2.45, 2.75) is 51.0 Å². The molecule has 8 heteroatoms. The van der Waals surface area contributed by atoms with Gasteiger partial charge in [-0.2, -0.15) is 9.78 Å². The summed E-state index contributed by atoms with van der Waals surface area (Å²) < 4.78 is 3.63. The van der Waals surface area contributed by atoms with E-state index in [-0.39, 0.29) is 17.4 Å². The van der Waals surface area contributed by atoms with Gasteiger partial charge in [-0.25, -0.2) is 0 Å². The Balaban J connectivity index is 1.37. The zero-order chi connectivity index (χ0) is 23.8. The molecule has 4 heterocycles. The second-order valence-corrected chi connectivity index (χ2v) is 9.47. The van der Waals surface area contributed by atoms with Crippen LogP contribution in [0.5, 0.6) is 0 Å². The lowest BCUT2D eigenvalue weighted by atomic mass is 9.96. The number of amides is 1. The predicted molar refractivity (Wildman–Crippen MR) is 133 cm³/mol. The molecule has 0 radical (unpaired) electrons. The van der Waals surface area contributed by atoms with Crippen LogP contribution in [0.4, 0.5) is 0 Å². The Kier molecular flexibility index (Phi) is 5.64. The number of aromatic nitrogens is 5. The molecule has 0 bridgehead atoms. The highest BCUT2D eigenvalue weighted by Gasteiger charge is 2.31. The van der Waals surface area contributed by atoms with Gasteiger partial charge in [-0.15, -0.1) is 10.2 Å². The fourth-order valence-corrected chi connectivity index (χ4v) is 5.42. The van der Waals surface area contributed by atoms with Crippen LogP contribution in [0.15, 0.2) is 59.4 Å². The van der Waals surface area contributed by atoms with Crippen molar-refractivity contribution in [2.24, 2.45) is 0 Å². The van der Waals surface area contributed by atoms with Gasteiger partial charge in [0.1, 0.15) is 11.6 Å². The third-order valence-electron chi connectivity index (χ3n) is 7.22. The molecular weight excluding hydrogens is 440 g/mol. The molecule has 0 N–H and O–H groups in total. The van der Waals surface area contributed by atoms with Gasteiger partial charge in [-0.05, 0) is 43.9 Å². The molecule has 178 valence electrons. The molecule has 6 rings (SSSR count). The van der Waals surface area contributed by atoms with E-state index in [1.54, 1.807) is 6.07 Å². The van der Waals surface area contributed by atoms with Crippen LogP contribution in [0.2, 0.25) is 0 Å². The zero-order valence-electron chi connectivity index (χ0n) is 19.6. The van der Waals surface area contributed by atoms with Gasteiger partial charge in [0.2, 0.25) is 0 Å². The number of carbonyl (C=O) groups excluding carboxylic acids is 1. The summed E-state index contributed by atoms with van der Waals surface area (Å²) in [6.45, 7) is 2.20. The minimum atomic E-state index is -0.231. The monoisotopic (exact) mass is 468 g/mol. The number of piperidine rings is 1. The summed E-state index contributed by atoms with van der Waals surface area (Å²) in [6.07, 6.45) is 6.37. The maximum atomic E-state index is 13.9. The van der Waals surface area contributed by atoms with E-state index in [0.29, 0.717) is 35.2 Å². The summed E-state index contributed by atoms with van der Waals surface area (Å²) in [5, 5.41) is 14.7. The SMILES string of the molecule is O=C(c1nn(-c2ccccc2)c(=O)c2ccccc12)N1CCCC(c2nnc3n2CCCCC3)C1. The van der Waals surface area contributed by atoms with Gasteiger partial charge in [0.05, 0.1) is 11.1 Å². The van der Waals surface area contributed by atoms with Crippen LogP contribution in [0.1, 0.15) is 60.2 Å². The molecule has 1 unspecified atom stereocenters. The van der Waals surface area contributed by atoms with E-state index in [1.807, 2.05) is 53.4 Å². The fourth-order valence-electron chi connectivity index (χ4n) is 5.42. The van der Waals surface area contributed by atoms with Gasteiger partial charge >= 0.3 is 0 Å². The second kappa shape index (κ2) is 9.09. The maximum Gasteiger partial charge on any atom is 0.279 e. The highest BCUT2D eigenvalue weighted by Crippen LogP contribution is 2.29. The first-order valence-corrected chi connectivity index (χ1v) is 12.5. The number of nitrogens with zero attached hydrogens (tertiary/aromatic N) is 6. The minimum Gasteiger partial charge on any atom is -0.337 e. The van der Waals surface area contributed by atoms with Gasteiger partial charge in [-0.1, -0.05) is 42.8 Å². The Hall–Kier alpha value is -3.81. The van der Waals surface area contributed by atoms with Crippen molar-refractivity contribution in [3.63, 3.8) is 0 Å². The first kappa shape index (κ1) is 21.7.